The van der Waals surface area contributed by atoms with Gasteiger partial charge in [-0.2, -0.15) is 4.98 Å². The van der Waals surface area contributed by atoms with Crippen LogP contribution in [-0.2, 0) is 4.79 Å². The number of nitrogens with two attached hydrogens (primary N) is 1. The molecule has 3 aromatic rings. The lowest BCUT2D eigenvalue weighted by atomic mass is 10.0. The highest BCUT2D eigenvalue weighted by molar-refractivity contribution is 5.94. The van der Waals surface area contributed by atoms with E-state index in [4.69, 9.17) is 5.73 Å². The number of amides is 1. The fourth-order valence-corrected chi connectivity index (χ4v) is 3.61. The van der Waals surface area contributed by atoms with Gasteiger partial charge in [-0.1, -0.05) is 18.2 Å². The summed E-state index contributed by atoms with van der Waals surface area (Å²) >= 11 is 0. The number of aromatic nitrogens is 2. The van der Waals surface area contributed by atoms with E-state index in [1.807, 2.05) is 36.4 Å². The van der Waals surface area contributed by atoms with Crippen LogP contribution in [0.25, 0.3) is 22.0 Å². The second-order valence-corrected chi connectivity index (χ2v) is 6.94. The van der Waals surface area contributed by atoms with E-state index in [1.165, 1.54) is 26.2 Å². The Hall–Kier alpha value is -3.15. The lowest BCUT2D eigenvalue weighted by Gasteiger charge is -2.28. The first-order valence-corrected chi connectivity index (χ1v) is 9.30. The van der Waals surface area contributed by atoms with Gasteiger partial charge in [0, 0.05) is 31.1 Å². The lowest BCUT2D eigenvalue weighted by molar-refractivity contribution is -0.114. The highest BCUT2D eigenvalue weighted by atomic mass is 16.1. The van der Waals surface area contributed by atoms with Crippen LogP contribution in [0.2, 0.25) is 0 Å². The van der Waals surface area contributed by atoms with Crippen molar-refractivity contribution in [3.63, 3.8) is 0 Å². The van der Waals surface area contributed by atoms with Gasteiger partial charge in [0.1, 0.15) is 5.82 Å². The molecule has 1 amide bonds. The van der Waals surface area contributed by atoms with E-state index in [2.05, 4.69) is 26.3 Å². The minimum absolute atomic E-state index is 0.0747. The van der Waals surface area contributed by atoms with Crippen LogP contribution in [0, 0.1) is 0 Å². The van der Waals surface area contributed by atoms with E-state index in [9.17, 15) is 4.79 Å². The minimum atomic E-state index is -0.0747. The lowest BCUT2D eigenvalue weighted by Crippen LogP contribution is -2.30. The molecule has 0 saturated carbocycles. The van der Waals surface area contributed by atoms with Crippen LogP contribution in [0.4, 0.5) is 17.5 Å². The molecule has 0 aliphatic carbocycles. The fourth-order valence-electron chi connectivity index (χ4n) is 3.61. The van der Waals surface area contributed by atoms with E-state index in [-0.39, 0.29) is 5.91 Å². The molecule has 3 N–H and O–H groups in total. The molecule has 0 atom stereocenters. The topological polar surface area (TPSA) is 84.1 Å². The average Bonchev–Trinajstić information content (AvgIpc) is 2.68. The van der Waals surface area contributed by atoms with Crippen molar-refractivity contribution in [3.05, 3.63) is 42.5 Å². The van der Waals surface area contributed by atoms with Crippen molar-refractivity contribution in [2.45, 2.75) is 26.2 Å². The van der Waals surface area contributed by atoms with E-state index >= 15 is 0 Å². The number of anilines is 3. The molecule has 0 bridgehead atoms. The molecule has 1 fully saturated rings. The maximum Gasteiger partial charge on any atom is 0.222 e. The van der Waals surface area contributed by atoms with Gasteiger partial charge in [-0.15, -0.1) is 0 Å². The molecule has 1 aliphatic rings. The quantitative estimate of drug-likeness (QED) is 0.741. The molecule has 6 nitrogen and oxygen atoms in total. The Morgan fingerprint density at radius 2 is 1.70 bits per heavy atom. The van der Waals surface area contributed by atoms with Crippen LogP contribution in [0.5, 0.6) is 0 Å². The third kappa shape index (κ3) is 3.69. The Balaban J connectivity index is 1.74. The molecule has 6 heteroatoms. The Bertz CT molecular complexity index is 978. The van der Waals surface area contributed by atoms with Crippen LogP contribution >= 0.6 is 0 Å². The van der Waals surface area contributed by atoms with Crippen LogP contribution in [0.15, 0.2) is 42.5 Å². The summed E-state index contributed by atoms with van der Waals surface area (Å²) in [6.07, 6.45) is 3.62. The molecule has 2 aromatic carbocycles. The maximum absolute atomic E-state index is 11.2. The van der Waals surface area contributed by atoms with E-state index < -0.39 is 0 Å². The second-order valence-electron chi connectivity index (χ2n) is 6.94. The molecular weight excluding hydrogens is 338 g/mol. The van der Waals surface area contributed by atoms with Gasteiger partial charge in [0.25, 0.3) is 0 Å². The van der Waals surface area contributed by atoms with Crippen molar-refractivity contribution in [2.75, 3.05) is 29.0 Å². The zero-order valence-electron chi connectivity index (χ0n) is 15.4. The third-order valence-corrected chi connectivity index (χ3v) is 4.89. The summed E-state index contributed by atoms with van der Waals surface area (Å²) in [5.41, 5.74) is 9.77. The number of hydrogen-bond acceptors (Lipinski definition) is 5. The van der Waals surface area contributed by atoms with Crippen LogP contribution in [-0.4, -0.2) is 29.0 Å². The number of nitrogen functional groups attached to an aromatic ring is 1. The van der Waals surface area contributed by atoms with Crippen molar-refractivity contribution in [1.82, 2.24) is 9.97 Å². The Labute approximate surface area is 158 Å². The minimum Gasteiger partial charge on any atom is -0.368 e. The molecule has 0 radical (unpaired) electrons. The number of hydrogen-bond donors (Lipinski definition) is 2. The molecule has 27 heavy (non-hydrogen) atoms. The number of carbonyl (C=O) groups excluding carboxylic acids is 1. The van der Waals surface area contributed by atoms with Gasteiger partial charge < -0.3 is 16.0 Å². The van der Waals surface area contributed by atoms with Gasteiger partial charge >= 0.3 is 0 Å². The number of rotatable bonds is 3. The van der Waals surface area contributed by atoms with Crippen molar-refractivity contribution in [2.24, 2.45) is 0 Å². The van der Waals surface area contributed by atoms with Crippen LogP contribution < -0.4 is 16.0 Å². The summed E-state index contributed by atoms with van der Waals surface area (Å²) in [4.78, 5) is 22.5. The largest absolute Gasteiger partial charge is 0.368 e. The van der Waals surface area contributed by atoms with Gasteiger partial charge in [0.05, 0.1) is 5.52 Å². The van der Waals surface area contributed by atoms with E-state index in [0.717, 1.165) is 46.6 Å². The summed E-state index contributed by atoms with van der Waals surface area (Å²) in [5.74, 6) is 1.17. The van der Waals surface area contributed by atoms with Gasteiger partial charge in [0.15, 0.2) is 0 Å². The highest BCUT2D eigenvalue weighted by Crippen LogP contribution is 2.31. The smallest absolute Gasteiger partial charge is 0.222 e. The molecule has 0 unspecified atom stereocenters. The number of nitrogens with zero attached hydrogens (tertiary/aromatic N) is 3. The van der Waals surface area contributed by atoms with Crippen LogP contribution in [0.3, 0.4) is 0 Å². The Kier molecular flexibility index (Phi) is 4.62. The van der Waals surface area contributed by atoms with Crippen molar-refractivity contribution in [3.8, 4) is 11.1 Å². The first-order valence-electron chi connectivity index (χ1n) is 9.30. The monoisotopic (exact) mass is 361 g/mol. The molecule has 1 aliphatic heterocycles. The Morgan fingerprint density at radius 3 is 2.41 bits per heavy atom. The predicted octanol–water partition coefficient (Wildman–Crippen LogP) is 3.83. The van der Waals surface area contributed by atoms with Gasteiger partial charge in [0.2, 0.25) is 11.9 Å². The zero-order valence-corrected chi connectivity index (χ0v) is 15.4. The first kappa shape index (κ1) is 17.3. The first-order chi connectivity index (χ1) is 13.1. The predicted molar refractivity (Wildman–Crippen MR) is 110 cm³/mol. The molecule has 0 spiro atoms. The van der Waals surface area contributed by atoms with Crippen LogP contribution in [0.1, 0.15) is 26.2 Å². The number of nitrogens with one attached hydrogen (secondary N) is 1. The molecule has 138 valence electrons. The number of carbonyl (C=O) groups is 1. The molecule has 4 rings (SSSR count). The molecular formula is C21H23N5O. The summed E-state index contributed by atoms with van der Waals surface area (Å²) in [6.45, 7) is 3.51. The van der Waals surface area contributed by atoms with Gasteiger partial charge in [-0.25, -0.2) is 4.98 Å². The second kappa shape index (κ2) is 7.23. The summed E-state index contributed by atoms with van der Waals surface area (Å²) in [5, 5.41) is 3.81. The summed E-state index contributed by atoms with van der Waals surface area (Å²) in [7, 11) is 0. The molecule has 1 aromatic heterocycles. The Morgan fingerprint density at radius 1 is 1.00 bits per heavy atom. The normalized spacial score (nSPS) is 14.3. The highest BCUT2D eigenvalue weighted by Gasteiger charge is 2.17. The van der Waals surface area contributed by atoms with E-state index in [0.29, 0.717) is 5.95 Å². The average molecular weight is 361 g/mol. The molecule has 1 saturated heterocycles. The third-order valence-electron chi connectivity index (χ3n) is 4.89. The zero-order chi connectivity index (χ0) is 18.8. The number of fused-ring (bicyclic) bond motifs is 1. The van der Waals surface area contributed by atoms with E-state index in [1.54, 1.807) is 0 Å². The van der Waals surface area contributed by atoms with Crippen molar-refractivity contribution >= 4 is 34.3 Å². The molecule has 2 heterocycles. The SMILES string of the molecule is CC(=O)Nc1ccc(-c2ccc3nc(N)nc(N4CCCCC4)c3c2)cc1. The fraction of sp³-hybridized carbons (Fsp3) is 0.286. The van der Waals surface area contributed by atoms with Gasteiger partial charge in [-0.3, -0.25) is 4.79 Å². The summed E-state index contributed by atoms with van der Waals surface area (Å²) < 4.78 is 0. The standard InChI is InChI=1S/C21H23N5O/c1-14(27)23-17-8-5-15(6-9-17)16-7-10-19-18(13-16)20(25-21(22)24-19)26-11-3-2-4-12-26/h5-10,13H,2-4,11-12H2,1H3,(H,23,27)(H2,22,24,25). The van der Waals surface area contributed by atoms with Crippen molar-refractivity contribution in [1.29, 1.82) is 0 Å². The van der Waals surface area contributed by atoms with Crippen molar-refractivity contribution < 1.29 is 4.79 Å². The summed E-state index contributed by atoms with van der Waals surface area (Å²) in [6, 6.07) is 14.0. The number of benzene rings is 2. The maximum atomic E-state index is 11.2. The van der Waals surface area contributed by atoms with Gasteiger partial charge in [-0.05, 0) is 54.7 Å². The number of piperidine rings is 1.